The molecule has 0 spiro atoms. The van der Waals surface area contributed by atoms with Crippen LogP contribution in [-0.4, -0.2) is 42.2 Å². The second-order valence-electron chi connectivity index (χ2n) is 7.90. The Morgan fingerprint density at radius 3 is 2.71 bits per heavy atom. The van der Waals surface area contributed by atoms with Crippen molar-refractivity contribution >= 4 is 11.2 Å². The summed E-state index contributed by atoms with van der Waals surface area (Å²) in [6.07, 6.45) is 3.85. The minimum absolute atomic E-state index is 0.0469. The van der Waals surface area contributed by atoms with E-state index in [2.05, 4.69) is 33.9 Å². The quantitative estimate of drug-likeness (QED) is 0.650. The standard InChI is InChI=1S/C20H28N6O2/c1-4-25-16-6-5-9-21-19(16)26(20(25)27)12-15-7-10-24(11-8-15)13-17-22-18(14(2)3)23-28-17/h5-6,9,14-15H,4,7-8,10-13H2,1-3H3. The van der Waals surface area contributed by atoms with E-state index < -0.39 is 0 Å². The van der Waals surface area contributed by atoms with E-state index in [1.807, 2.05) is 23.6 Å². The van der Waals surface area contributed by atoms with Crippen LogP contribution in [0.5, 0.6) is 0 Å². The van der Waals surface area contributed by atoms with Crippen molar-refractivity contribution < 1.29 is 4.52 Å². The number of hydrogen-bond donors (Lipinski definition) is 0. The van der Waals surface area contributed by atoms with Crippen LogP contribution in [0.4, 0.5) is 0 Å². The largest absolute Gasteiger partial charge is 0.338 e. The Morgan fingerprint density at radius 2 is 2.04 bits per heavy atom. The first-order chi connectivity index (χ1) is 13.6. The van der Waals surface area contributed by atoms with Crippen LogP contribution >= 0.6 is 0 Å². The fourth-order valence-electron chi connectivity index (χ4n) is 3.96. The Morgan fingerprint density at radius 1 is 1.25 bits per heavy atom. The average molecular weight is 384 g/mol. The van der Waals surface area contributed by atoms with Gasteiger partial charge in [0.1, 0.15) is 0 Å². The third kappa shape index (κ3) is 3.61. The molecule has 150 valence electrons. The smallest absolute Gasteiger partial charge is 0.330 e. The molecule has 0 unspecified atom stereocenters. The molecule has 0 amide bonds. The van der Waals surface area contributed by atoms with Gasteiger partial charge in [-0.15, -0.1) is 0 Å². The van der Waals surface area contributed by atoms with Gasteiger partial charge in [0.25, 0.3) is 0 Å². The maximum Gasteiger partial charge on any atom is 0.330 e. The molecule has 0 atom stereocenters. The maximum absolute atomic E-state index is 12.8. The van der Waals surface area contributed by atoms with E-state index >= 15 is 0 Å². The third-order valence-electron chi connectivity index (χ3n) is 5.60. The lowest BCUT2D eigenvalue weighted by molar-refractivity contribution is 0.151. The van der Waals surface area contributed by atoms with Crippen molar-refractivity contribution in [3.63, 3.8) is 0 Å². The number of imidazole rings is 1. The van der Waals surface area contributed by atoms with Gasteiger partial charge in [-0.2, -0.15) is 4.98 Å². The molecule has 1 saturated heterocycles. The zero-order chi connectivity index (χ0) is 19.7. The number of fused-ring (bicyclic) bond motifs is 1. The second kappa shape index (κ2) is 7.87. The molecule has 0 N–H and O–H groups in total. The Kier molecular flexibility index (Phi) is 5.30. The zero-order valence-corrected chi connectivity index (χ0v) is 16.8. The zero-order valence-electron chi connectivity index (χ0n) is 16.8. The molecule has 0 bridgehead atoms. The highest BCUT2D eigenvalue weighted by atomic mass is 16.5. The van der Waals surface area contributed by atoms with Crippen LogP contribution in [0.3, 0.4) is 0 Å². The van der Waals surface area contributed by atoms with Gasteiger partial charge in [-0.25, -0.2) is 9.78 Å². The molecule has 4 rings (SSSR count). The fraction of sp³-hybridized carbons (Fsp3) is 0.600. The third-order valence-corrected chi connectivity index (χ3v) is 5.60. The van der Waals surface area contributed by atoms with Crippen molar-refractivity contribution in [3.8, 4) is 0 Å². The number of rotatable bonds is 6. The van der Waals surface area contributed by atoms with Crippen LogP contribution in [-0.2, 0) is 19.6 Å². The van der Waals surface area contributed by atoms with Gasteiger partial charge in [-0.05, 0) is 50.9 Å². The molecular weight excluding hydrogens is 356 g/mol. The summed E-state index contributed by atoms with van der Waals surface area (Å²) < 4.78 is 9.03. The van der Waals surface area contributed by atoms with E-state index in [0.29, 0.717) is 24.9 Å². The van der Waals surface area contributed by atoms with E-state index in [1.54, 1.807) is 10.8 Å². The molecule has 1 aliphatic heterocycles. The van der Waals surface area contributed by atoms with Crippen LogP contribution in [0.15, 0.2) is 27.6 Å². The highest BCUT2D eigenvalue weighted by molar-refractivity contribution is 5.71. The lowest BCUT2D eigenvalue weighted by atomic mass is 9.96. The number of nitrogens with zero attached hydrogens (tertiary/aromatic N) is 6. The Bertz CT molecular complexity index is 994. The predicted octanol–water partition coefficient (Wildman–Crippen LogP) is 2.64. The molecule has 3 aromatic heterocycles. The molecule has 8 heteroatoms. The monoisotopic (exact) mass is 384 g/mol. The average Bonchev–Trinajstić information content (AvgIpc) is 3.27. The van der Waals surface area contributed by atoms with Gasteiger partial charge in [0, 0.05) is 25.2 Å². The van der Waals surface area contributed by atoms with Crippen LogP contribution in [0.25, 0.3) is 11.2 Å². The lowest BCUT2D eigenvalue weighted by Gasteiger charge is -2.30. The van der Waals surface area contributed by atoms with Crippen LogP contribution < -0.4 is 5.69 Å². The Hall–Kier alpha value is -2.48. The summed E-state index contributed by atoms with van der Waals surface area (Å²) in [6.45, 7) is 10.2. The van der Waals surface area contributed by atoms with E-state index in [-0.39, 0.29) is 11.6 Å². The summed E-state index contributed by atoms with van der Waals surface area (Å²) in [5, 5.41) is 4.04. The van der Waals surface area contributed by atoms with E-state index in [0.717, 1.165) is 49.5 Å². The summed E-state index contributed by atoms with van der Waals surface area (Å²) in [4.78, 5) is 24.1. The molecule has 0 aromatic carbocycles. The van der Waals surface area contributed by atoms with Crippen LogP contribution in [0.2, 0.25) is 0 Å². The molecule has 4 heterocycles. The highest BCUT2D eigenvalue weighted by Crippen LogP contribution is 2.22. The maximum atomic E-state index is 12.8. The topological polar surface area (TPSA) is 82.0 Å². The van der Waals surface area contributed by atoms with Crippen molar-refractivity contribution in [2.24, 2.45) is 5.92 Å². The number of aromatic nitrogens is 5. The first kappa shape index (κ1) is 18.9. The normalized spacial score (nSPS) is 16.4. The first-order valence-electron chi connectivity index (χ1n) is 10.2. The van der Waals surface area contributed by atoms with Gasteiger partial charge in [-0.3, -0.25) is 14.0 Å². The van der Waals surface area contributed by atoms with Gasteiger partial charge in [-0.1, -0.05) is 19.0 Å². The van der Waals surface area contributed by atoms with Crippen LogP contribution in [0, 0.1) is 5.92 Å². The van der Waals surface area contributed by atoms with Crippen molar-refractivity contribution in [2.75, 3.05) is 13.1 Å². The fourth-order valence-corrected chi connectivity index (χ4v) is 3.96. The molecule has 8 nitrogen and oxygen atoms in total. The minimum Gasteiger partial charge on any atom is -0.338 e. The van der Waals surface area contributed by atoms with Gasteiger partial charge in [0.05, 0.1) is 12.1 Å². The molecule has 1 fully saturated rings. The minimum atomic E-state index is 0.0469. The lowest BCUT2D eigenvalue weighted by Crippen LogP contribution is -2.36. The van der Waals surface area contributed by atoms with Crippen molar-refractivity contribution in [1.82, 2.24) is 29.2 Å². The van der Waals surface area contributed by atoms with Crippen molar-refractivity contribution in [2.45, 2.75) is 59.2 Å². The van der Waals surface area contributed by atoms with Crippen molar-refractivity contribution in [3.05, 3.63) is 40.5 Å². The molecule has 28 heavy (non-hydrogen) atoms. The molecule has 3 aromatic rings. The number of pyridine rings is 1. The summed E-state index contributed by atoms with van der Waals surface area (Å²) >= 11 is 0. The number of piperidine rings is 1. The molecule has 0 aliphatic carbocycles. The van der Waals surface area contributed by atoms with Gasteiger partial charge in [0.2, 0.25) is 5.89 Å². The van der Waals surface area contributed by atoms with Gasteiger partial charge in [0.15, 0.2) is 11.5 Å². The highest BCUT2D eigenvalue weighted by Gasteiger charge is 2.24. The summed E-state index contributed by atoms with van der Waals surface area (Å²) in [5.74, 6) is 2.21. The number of aryl methyl sites for hydroxylation is 1. The SMILES string of the molecule is CCn1c(=O)n(CC2CCN(Cc3nc(C(C)C)no3)CC2)c2ncccc21. The first-order valence-corrected chi connectivity index (χ1v) is 10.2. The van der Waals surface area contributed by atoms with Gasteiger partial charge >= 0.3 is 5.69 Å². The predicted molar refractivity (Wildman–Crippen MR) is 106 cm³/mol. The number of likely N-dealkylation sites (tertiary alicyclic amines) is 1. The Labute approximate surface area is 164 Å². The van der Waals surface area contributed by atoms with Crippen LogP contribution in [0.1, 0.15) is 51.2 Å². The van der Waals surface area contributed by atoms with E-state index in [4.69, 9.17) is 4.52 Å². The summed E-state index contributed by atoms with van der Waals surface area (Å²) in [7, 11) is 0. The summed E-state index contributed by atoms with van der Waals surface area (Å²) in [6, 6.07) is 3.86. The second-order valence-corrected chi connectivity index (χ2v) is 7.90. The molecule has 0 radical (unpaired) electrons. The van der Waals surface area contributed by atoms with E-state index in [9.17, 15) is 4.79 Å². The summed E-state index contributed by atoms with van der Waals surface area (Å²) in [5.41, 5.74) is 1.76. The molecular formula is C20H28N6O2. The van der Waals surface area contributed by atoms with Gasteiger partial charge < -0.3 is 4.52 Å². The van der Waals surface area contributed by atoms with Crippen molar-refractivity contribution in [1.29, 1.82) is 0 Å². The number of hydrogen-bond acceptors (Lipinski definition) is 6. The molecule has 1 aliphatic rings. The van der Waals surface area contributed by atoms with E-state index in [1.165, 1.54) is 0 Å². The molecule has 0 saturated carbocycles. The Balaban J connectivity index is 1.40.